The summed E-state index contributed by atoms with van der Waals surface area (Å²) in [5, 5.41) is 3.07. The van der Waals surface area contributed by atoms with E-state index in [2.05, 4.69) is 35.1 Å². The average Bonchev–Trinajstić information content (AvgIpc) is 2.59. The van der Waals surface area contributed by atoms with Crippen molar-refractivity contribution in [2.45, 2.75) is 26.7 Å². The Labute approximate surface area is 137 Å². The molecule has 1 fully saturated rings. The normalized spacial score (nSPS) is 15.5. The van der Waals surface area contributed by atoms with Crippen LogP contribution in [0.25, 0.3) is 0 Å². The zero-order valence-electron chi connectivity index (χ0n) is 13.7. The second-order valence-corrected chi connectivity index (χ2v) is 6.26. The van der Waals surface area contributed by atoms with E-state index in [-0.39, 0.29) is 11.8 Å². The van der Waals surface area contributed by atoms with Gasteiger partial charge in [-0.2, -0.15) is 0 Å². The fourth-order valence-corrected chi connectivity index (χ4v) is 3.02. The molecule has 1 N–H and O–H groups in total. The van der Waals surface area contributed by atoms with Crippen molar-refractivity contribution in [3.63, 3.8) is 0 Å². The first-order chi connectivity index (χ1) is 11.1. The summed E-state index contributed by atoms with van der Waals surface area (Å²) in [5.41, 5.74) is 4.53. The molecule has 0 saturated carbocycles. The lowest BCUT2D eigenvalue weighted by Gasteiger charge is -2.32. The number of carbonyl (C=O) groups is 1. The Bertz CT molecular complexity index is 676. The van der Waals surface area contributed by atoms with Crippen LogP contribution in [0, 0.1) is 19.8 Å². The van der Waals surface area contributed by atoms with Gasteiger partial charge in [0, 0.05) is 42.8 Å². The maximum Gasteiger partial charge on any atom is 0.227 e. The minimum absolute atomic E-state index is 0.0923. The molecule has 120 valence electrons. The Morgan fingerprint density at radius 1 is 1.09 bits per heavy atom. The highest BCUT2D eigenvalue weighted by atomic mass is 16.1. The van der Waals surface area contributed by atoms with E-state index in [1.165, 1.54) is 16.8 Å². The van der Waals surface area contributed by atoms with Crippen molar-refractivity contribution in [3.05, 3.63) is 53.9 Å². The molecule has 2 heterocycles. The standard InChI is InChI=1S/C19H23N3O/c1-14-3-4-17(13-15(14)2)21-19(23)16-7-11-22(12-8-16)18-5-9-20-10-6-18/h3-6,9-10,13,16H,7-8,11-12H2,1-2H3,(H,21,23). The van der Waals surface area contributed by atoms with Crippen LogP contribution < -0.4 is 10.2 Å². The van der Waals surface area contributed by atoms with Crippen LogP contribution in [0.5, 0.6) is 0 Å². The zero-order valence-corrected chi connectivity index (χ0v) is 13.7. The maximum atomic E-state index is 12.5. The van der Waals surface area contributed by atoms with Crippen molar-refractivity contribution in [2.24, 2.45) is 5.92 Å². The van der Waals surface area contributed by atoms with Crippen LogP contribution in [-0.4, -0.2) is 24.0 Å². The Hall–Kier alpha value is -2.36. The molecule has 0 aliphatic carbocycles. The first-order valence-corrected chi connectivity index (χ1v) is 8.16. The molecule has 0 unspecified atom stereocenters. The van der Waals surface area contributed by atoms with E-state index in [4.69, 9.17) is 0 Å². The molecule has 1 amide bonds. The summed E-state index contributed by atoms with van der Waals surface area (Å²) in [7, 11) is 0. The molecule has 1 aromatic heterocycles. The van der Waals surface area contributed by atoms with E-state index in [0.29, 0.717) is 0 Å². The summed E-state index contributed by atoms with van der Waals surface area (Å²) in [5.74, 6) is 0.234. The minimum Gasteiger partial charge on any atom is -0.371 e. The van der Waals surface area contributed by atoms with Gasteiger partial charge in [0.1, 0.15) is 0 Å². The average molecular weight is 309 g/mol. The molecule has 3 rings (SSSR count). The van der Waals surface area contributed by atoms with E-state index in [9.17, 15) is 4.79 Å². The summed E-state index contributed by atoms with van der Waals surface area (Å²) >= 11 is 0. The van der Waals surface area contributed by atoms with E-state index < -0.39 is 0 Å². The Balaban J connectivity index is 1.57. The smallest absolute Gasteiger partial charge is 0.227 e. The number of nitrogens with zero attached hydrogens (tertiary/aromatic N) is 2. The second kappa shape index (κ2) is 6.82. The van der Waals surface area contributed by atoms with Crippen LogP contribution >= 0.6 is 0 Å². The molecule has 0 spiro atoms. The molecule has 2 aromatic rings. The van der Waals surface area contributed by atoms with E-state index in [0.717, 1.165) is 31.6 Å². The highest BCUT2D eigenvalue weighted by molar-refractivity contribution is 5.92. The van der Waals surface area contributed by atoms with Crippen molar-refractivity contribution < 1.29 is 4.79 Å². The Morgan fingerprint density at radius 3 is 2.43 bits per heavy atom. The third-order valence-corrected chi connectivity index (χ3v) is 4.67. The van der Waals surface area contributed by atoms with E-state index in [1.807, 2.05) is 36.7 Å². The van der Waals surface area contributed by atoms with Crippen LogP contribution in [0.3, 0.4) is 0 Å². The molecule has 0 radical (unpaired) electrons. The number of hydrogen-bond donors (Lipinski definition) is 1. The van der Waals surface area contributed by atoms with Gasteiger partial charge in [-0.25, -0.2) is 0 Å². The molecular formula is C19H23N3O. The number of aromatic nitrogens is 1. The SMILES string of the molecule is Cc1ccc(NC(=O)C2CCN(c3ccncc3)CC2)cc1C. The monoisotopic (exact) mass is 309 g/mol. The maximum absolute atomic E-state index is 12.5. The number of hydrogen-bond acceptors (Lipinski definition) is 3. The Morgan fingerprint density at radius 2 is 1.78 bits per heavy atom. The van der Waals surface area contributed by atoms with Gasteiger partial charge in [0.2, 0.25) is 5.91 Å². The van der Waals surface area contributed by atoms with Gasteiger partial charge in [-0.3, -0.25) is 9.78 Å². The minimum atomic E-state index is 0.0923. The number of pyridine rings is 1. The first kappa shape index (κ1) is 15.5. The highest BCUT2D eigenvalue weighted by Gasteiger charge is 2.25. The number of amides is 1. The van der Waals surface area contributed by atoms with Gasteiger partial charge >= 0.3 is 0 Å². The second-order valence-electron chi connectivity index (χ2n) is 6.26. The number of rotatable bonds is 3. The van der Waals surface area contributed by atoms with Crippen LogP contribution in [-0.2, 0) is 4.79 Å². The van der Waals surface area contributed by atoms with Gasteiger partial charge in [-0.05, 0) is 62.1 Å². The Kier molecular flexibility index (Phi) is 4.60. The fourth-order valence-electron chi connectivity index (χ4n) is 3.02. The molecule has 1 aliphatic rings. The van der Waals surface area contributed by atoms with Crippen molar-refractivity contribution in [2.75, 3.05) is 23.3 Å². The van der Waals surface area contributed by atoms with E-state index in [1.54, 1.807) is 0 Å². The lowest BCUT2D eigenvalue weighted by Crippen LogP contribution is -2.38. The van der Waals surface area contributed by atoms with Gasteiger partial charge in [-0.15, -0.1) is 0 Å². The van der Waals surface area contributed by atoms with Gasteiger partial charge in [0.25, 0.3) is 0 Å². The summed E-state index contributed by atoms with van der Waals surface area (Å²) < 4.78 is 0. The molecule has 4 nitrogen and oxygen atoms in total. The van der Waals surface area contributed by atoms with Crippen LogP contribution in [0.1, 0.15) is 24.0 Å². The summed E-state index contributed by atoms with van der Waals surface area (Å²) in [6, 6.07) is 10.1. The quantitative estimate of drug-likeness (QED) is 0.943. The molecule has 23 heavy (non-hydrogen) atoms. The largest absolute Gasteiger partial charge is 0.371 e. The van der Waals surface area contributed by atoms with Gasteiger partial charge in [0.15, 0.2) is 0 Å². The third kappa shape index (κ3) is 3.70. The van der Waals surface area contributed by atoms with Crippen molar-refractivity contribution in [1.82, 2.24) is 4.98 Å². The van der Waals surface area contributed by atoms with Crippen LogP contribution in [0.15, 0.2) is 42.7 Å². The van der Waals surface area contributed by atoms with Gasteiger partial charge in [-0.1, -0.05) is 6.07 Å². The molecular weight excluding hydrogens is 286 g/mol. The van der Waals surface area contributed by atoms with Crippen LogP contribution in [0.2, 0.25) is 0 Å². The molecule has 1 aliphatic heterocycles. The molecule has 1 saturated heterocycles. The first-order valence-electron chi connectivity index (χ1n) is 8.16. The number of anilines is 2. The number of aryl methyl sites for hydroxylation is 2. The zero-order chi connectivity index (χ0) is 16.2. The molecule has 0 bridgehead atoms. The number of nitrogens with one attached hydrogen (secondary N) is 1. The summed E-state index contributed by atoms with van der Waals surface area (Å²) in [6.45, 7) is 5.97. The number of benzene rings is 1. The van der Waals surface area contributed by atoms with Crippen molar-refractivity contribution >= 4 is 17.3 Å². The molecule has 0 atom stereocenters. The number of piperidine rings is 1. The predicted octanol–water partition coefficient (Wildman–Crippen LogP) is 3.55. The van der Waals surface area contributed by atoms with Crippen molar-refractivity contribution in [3.8, 4) is 0 Å². The summed E-state index contributed by atoms with van der Waals surface area (Å²) in [6.07, 6.45) is 5.40. The lowest BCUT2D eigenvalue weighted by molar-refractivity contribution is -0.120. The van der Waals surface area contributed by atoms with Gasteiger partial charge < -0.3 is 10.2 Å². The fraction of sp³-hybridized carbons (Fsp3) is 0.368. The predicted molar refractivity (Wildman–Crippen MR) is 93.7 cm³/mol. The lowest BCUT2D eigenvalue weighted by atomic mass is 9.95. The van der Waals surface area contributed by atoms with Crippen LogP contribution in [0.4, 0.5) is 11.4 Å². The van der Waals surface area contributed by atoms with Gasteiger partial charge in [0.05, 0.1) is 0 Å². The molecule has 4 heteroatoms. The van der Waals surface area contributed by atoms with Crippen molar-refractivity contribution in [1.29, 1.82) is 0 Å². The highest BCUT2D eigenvalue weighted by Crippen LogP contribution is 2.24. The summed E-state index contributed by atoms with van der Waals surface area (Å²) in [4.78, 5) is 18.8. The number of carbonyl (C=O) groups excluding carboxylic acids is 1. The topological polar surface area (TPSA) is 45.2 Å². The molecule has 1 aromatic carbocycles. The van der Waals surface area contributed by atoms with E-state index >= 15 is 0 Å². The third-order valence-electron chi connectivity index (χ3n) is 4.67.